The van der Waals surface area contributed by atoms with Crippen LogP contribution in [0.15, 0.2) is 55.3 Å². The van der Waals surface area contributed by atoms with Crippen molar-refractivity contribution in [2.45, 2.75) is 130 Å². The second-order valence-corrected chi connectivity index (χ2v) is 11.3. The van der Waals surface area contributed by atoms with Crippen molar-refractivity contribution in [1.82, 2.24) is 9.47 Å². The van der Waals surface area contributed by atoms with E-state index >= 15 is 0 Å². The number of carbonyl (C=O) groups is 1. The second kappa shape index (κ2) is 24.2. The molecular weight excluding hydrogens is 464 g/mol. The Morgan fingerprint density at radius 3 is 2.32 bits per heavy atom. The lowest BCUT2D eigenvalue weighted by Crippen LogP contribution is -2.27. The van der Waals surface area contributed by atoms with Crippen LogP contribution in [0, 0.1) is 12.8 Å². The van der Waals surface area contributed by atoms with Crippen LogP contribution in [0.2, 0.25) is 0 Å². The number of aromatic nitrogens is 1. The number of nitrogens with zero attached hydrogens (tertiary/aromatic N) is 2. The second-order valence-electron chi connectivity index (χ2n) is 11.3. The van der Waals surface area contributed by atoms with Crippen LogP contribution in [0.4, 0.5) is 0 Å². The Labute approximate surface area is 236 Å². The van der Waals surface area contributed by atoms with Gasteiger partial charge in [0.15, 0.2) is 0 Å². The minimum Gasteiger partial charge on any atom is -0.352 e. The molecule has 0 saturated carbocycles. The first-order valence-corrected chi connectivity index (χ1v) is 15.8. The summed E-state index contributed by atoms with van der Waals surface area (Å²) in [5, 5.41) is 0. The molecule has 0 aliphatic heterocycles. The molecule has 1 rings (SSSR count). The largest absolute Gasteiger partial charge is 0.352 e. The number of hydrogen-bond acceptors (Lipinski definition) is 2. The fourth-order valence-electron chi connectivity index (χ4n) is 5.16. The molecule has 1 aromatic heterocycles. The molecule has 1 heterocycles. The van der Waals surface area contributed by atoms with E-state index in [9.17, 15) is 4.79 Å². The molecule has 0 saturated heterocycles. The highest BCUT2D eigenvalue weighted by molar-refractivity contribution is 5.78. The van der Waals surface area contributed by atoms with E-state index in [2.05, 4.69) is 79.6 Å². The molecule has 3 heteroatoms. The van der Waals surface area contributed by atoms with Gasteiger partial charge in [0.1, 0.15) is 5.78 Å². The van der Waals surface area contributed by atoms with Gasteiger partial charge >= 0.3 is 0 Å². The van der Waals surface area contributed by atoms with Gasteiger partial charge in [-0.25, -0.2) is 0 Å². The van der Waals surface area contributed by atoms with E-state index < -0.39 is 0 Å². The molecule has 1 atom stereocenters. The van der Waals surface area contributed by atoms with Crippen molar-refractivity contribution in [3.63, 3.8) is 0 Å². The van der Waals surface area contributed by atoms with Crippen LogP contribution in [0.1, 0.15) is 122 Å². The number of ketones is 1. The van der Waals surface area contributed by atoms with Gasteiger partial charge in [-0.1, -0.05) is 69.4 Å². The third-order valence-corrected chi connectivity index (χ3v) is 7.54. The van der Waals surface area contributed by atoms with Gasteiger partial charge in [-0.05, 0) is 103 Å². The average Bonchev–Trinajstić information content (AvgIpc) is 3.30. The van der Waals surface area contributed by atoms with Crippen LogP contribution >= 0.6 is 0 Å². The van der Waals surface area contributed by atoms with Crippen molar-refractivity contribution in [2.24, 2.45) is 5.92 Å². The predicted molar refractivity (Wildman–Crippen MR) is 168 cm³/mol. The zero-order valence-corrected chi connectivity index (χ0v) is 25.3. The van der Waals surface area contributed by atoms with Crippen LogP contribution in [-0.4, -0.2) is 35.4 Å². The molecule has 0 fully saturated rings. The van der Waals surface area contributed by atoms with Crippen molar-refractivity contribution < 1.29 is 4.79 Å². The van der Waals surface area contributed by atoms with Gasteiger partial charge in [-0.15, -0.1) is 6.58 Å². The summed E-state index contributed by atoms with van der Waals surface area (Å²) >= 11 is 0. The van der Waals surface area contributed by atoms with Gasteiger partial charge in [0, 0.05) is 37.8 Å². The lowest BCUT2D eigenvalue weighted by molar-refractivity contribution is -0.119. The van der Waals surface area contributed by atoms with Gasteiger partial charge in [-0.3, -0.25) is 4.79 Å². The molecule has 1 unspecified atom stereocenters. The van der Waals surface area contributed by atoms with Gasteiger partial charge in [0.05, 0.1) is 0 Å². The summed E-state index contributed by atoms with van der Waals surface area (Å²) in [7, 11) is 2.23. The topological polar surface area (TPSA) is 25.2 Å². The smallest absolute Gasteiger partial charge is 0.132 e. The Kier molecular flexibility index (Phi) is 21.7. The third kappa shape index (κ3) is 19.2. The van der Waals surface area contributed by atoms with E-state index in [4.69, 9.17) is 0 Å². The summed E-state index contributed by atoms with van der Waals surface area (Å²) in [6, 6.07) is 4.29. The summed E-state index contributed by atoms with van der Waals surface area (Å²) in [5.74, 6) is 1.07. The Bertz CT molecular complexity index is 760. The summed E-state index contributed by atoms with van der Waals surface area (Å²) in [4.78, 5) is 14.8. The van der Waals surface area contributed by atoms with Crippen molar-refractivity contribution in [3.05, 3.63) is 61.0 Å². The average molecular weight is 525 g/mol. The number of Topliss-reactive ketones (excluding diaryl/α,β-unsaturated/α-hetero) is 1. The molecule has 0 spiro atoms. The number of rotatable bonds is 26. The lowest BCUT2D eigenvalue weighted by Gasteiger charge is -2.23. The Hall–Kier alpha value is -1.87. The SMILES string of the molecule is C=CCC(CCCC(=O)CCCCCCC/C=C\C/C=C\CCCCC)CN(C)CCCn1cccc1C. The third-order valence-electron chi connectivity index (χ3n) is 7.54. The van der Waals surface area contributed by atoms with Crippen LogP contribution in [0.25, 0.3) is 0 Å². The van der Waals surface area contributed by atoms with E-state index in [1.807, 2.05) is 6.08 Å². The number of carbonyl (C=O) groups excluding carboxylic acids is 1. The van der Waals surface area contributed by atoms with Crippen LogP contribution in [0.3, 0.4) is 0 Å². The monoisotopic (exact) mass is 524 g/mol. The quantitative estimate of drug-likeness (QED) is 0.0890. The maximum absolute atomic E-state index is 12.4. The van der Waals surface area contributed by atoms with E-state index in [1.165, 1.54) is 69.9 Å². The van der Waals surface area contributed by atoms with Crippen LogP contribution in [0.5, 0.6) is 0 Å². The van der Waals surface area contributed by atoms with Crippen molar-refractivity contribution >= 4 is 5.78 Å². The maximum atomic E-state index is 12.4. The molecule has 38 heavy (non-hydrogen) atoms. The van der Waals surface area contributed by atoms with Gasteiger partial charge < -0.3 is 9.47 Å². The van der Waals surface area contributed by atoms with E-state index in [0.29, 0.717) is 11.7 Å². The highest BCUT2D eigenvalue weighted by atomic mass is 16.1. The number of allylic oxidation sites excluding steroid dienone is 5. The molecule has 216 valence electrons. The molecule has 0 radical (unpaired) electrons. The molecule has 0 aliphatic carbocycles. The molecule has 0 aromatic carbocycles. The predicted octanol–water partition coefficient (Wildman–Crippen LogP) is 9.86. The van der Waals surface area contributed by atoms with Gasteiger partial charge in [0.25, 0.3) is 0 Å². The van der Waals surface area contributed by atoms with Crippen molar-refractivity contribution in [3.8, 4) is 0 Å². The minimum atomic E-state index is 0.462. The van der Waals surface area contributed by atoms with E-state index in [0.717, 1.165) is 64.6 Å². The Morgan fingerprint density at radius 2 is 1.63 bits per heavy atom. The van der Waals surface area contributed by atoms with E-state index in [1.54, 1.807) is 0 Å². The molecule has 0 N–H and O–H groups in total. The number of hydrogen-bond donors (Lipinski definition) is 0. The fourth-order valence-corrected chi connectivity index (χ4v) is 5.16. The molecule has 0 amide bonds. The molecule has 3 nitrogen and oxygen atoms in total. The van der Waals surface area contributed by atoms with Gasteiger partial charge in [-0.2, -0.15) is 0 Å². The fraction of sp³-hybridized carbons (Fsp3) is 0.686. The standard InChI is InChI=1S/C35H60N2O/c1-5-7-8-9-10-11-12-13-14-15-16-17-18-19-20-27-35(38)28-21-26-34(24-6-2)32-36(4)29-23-31-37-30-22-25-33(37)3/h6,10-11,13-14,22,25,30,34H,2,5,7-9,12,15-21,23-24,26-29,31-32H2,1,3-4H3/b11-10-,14-13-. The molecule has 1 aromatic rings. The number of unbranched alkanes of at least 4 members (excludes halogenated alkanes) is 8. The first kappa shape index (κ1) is 34.2. The number of aryl methyl sites for hydroxylation is 2. The summed E-state index contributed by atoms with van der Waals surface area (Å²) in [5.41, 5.74) is 1.33. The van der Waals surface area contributed by atoms with Gasteiger partial charge in [0.2, 0.25) is 0 Å². The maximum Gasteiger partial charge on any atom is 0.132 e. The Morgan fingerprint density at radius 1 is 0.947 bits per heavy atom. The molecular formula is C35H60N2O. The zero-order chi connectivity index (χ0) is 27.7. The normalized spacial score (nSPS) is 12.7. The first-order chi connectivity index (χ1) is 18.6. The lowest BCUT2D eigenvalue weighted by atomic mass is 9.96. The minimum absolute atomic E-state index is 0.462. The molecule has 0 bridgehead atoms. The van der Waals surface area contributed by atoms with Crippen LogP contribution < -0.4 is 0 Å². The highest BCUT2D eigenvalue weighted by Gasteiger charge is 2.12. The van der Waals surface area contributed by atoms with Crippen molar-refractivity contribution in [2.75, 3.05) is 20.1 Å². The highest BCUT2D eigenvalue weighted by Crippen LogP contribution is 2.17. The summed E-state index contributed by atoms with van der Waals surface area (Å²) in [6.45, 7) is 11.7. The first-order valence-electron chi connectivity index (χ1n) is 15.8. The van der Waals surface area contributed by atoms with Crippen molar-refractivity contribution in [1.29, 1.82) is 0 Å². The zero-order valence-electron chi connectivity index (χ0n) is 25.3. The van der Waals surface area contributed by atoms with E-state index in [-0.39, 0.29) is 0 Å². The summed E-state index contributed by atoms with van der Waals surface area (Å²) in [6.07, 6.45) is 32.9. The Balaban J connectivity index is 2.01. The molecule has 0 aliphatic rings. The van der Waals surface area contributed by atoms with Crippen LogP contribution in [-0.2, 0) is 11.3 Å². The summed E-state index contributed by atoms with van der Waals surface area (Å²) < 4.78 is 2.33.